The number of pyridine rings is 1. The second kappa shape index (κ2) is 7.49. The fraction of sp³-hybridized carbons (Fsp3) is 0.500. The van der Waals surface area contributed by atoms with Crippen LogP contribution in [0.25, 0.3) is 11.3 Å². The first-order valence-electron chi connectivity index (χ1n) is 8.71. The van der Waals surface area contributed by atoms with Gasteiger partial charge >= 0.3 is 0 Å². The summed E-state index contributed by atoms with van der Waals surface area (Å²) in [4.78, 5) is 18.4. The van der Waals surface area contributed by atoms with Crippen LogP contribution in [-0.4, -0.2) is 45.6 Å². The van der Waals surface area contributed by atoms with E-state index in [1.165, 1.54) is 19.0 Å². The number of nitrogens with zero attached hydrogens (tertiary/aromatic N) is 3. The summed E-state index contributed by atoms with van der Waals surface area (Å²) in [5.74, 6) is -1.80. The third-order valence-corrected chi connectivity index (χ3v) is 4.45. The Morgan fingerprint density at radius 3 is 2.73 bits per heavy atom. The maximum atomic E-state index is 14.5. The summed E-state index contributed by atoms with van der Waals surface area (Å²) < 4.78 is 27.8. The van der Waals surface area contributed by atoms with Crippen molar-refractivity contribution in [2.75, 3.05) is 25.0 Å². The number of carbonyl (C=O) groups is 1. The van der Waals surface area contributed by atoms with Gasteiger partial charge in [0, 0.05) is 24.7 Å². The largest absolute Gasteiger partial charge is 0.307 e. The number of anilines is 1. The van der Waals surface area contributed by atoms with E-state index in [0.717, 1.165) is 31.9 Å². The highest BCUT2D eigenvalue weighted by molar-refractivity contribution is 5.91. The Morgan fingerprint density at radius 1 is 1.31 bits per heavy atom. The van der Waals surface area contributed by atoms with Gasteiger partial charge in [-0.3, -0.25) is 14.9 Å². The molecule has 1 aliphatic rings. The van der Waals surface area contributed by atoms with Crippen molar-refractivity contribution in [3.63, 3.8) is 0 Å². The van der Waals surface area contributed by atoms with E-state index >= 15 is 0 Å². The number of carbonyl (C=O) groups excluding carboxylic acids is 1. The summed E-state index contributed by atoms with van der Waals surface area (Å²) >= 11 is 0. The van der Waals surface area contributed by atoms with Gasteiger partial charge in [0.05, 0.1) is 6.20 Å². The highest BCUT2D eigenvalue weighted by Gasteiger charge is 2.27. The minimum Gasteiger partial charge on any atom is -0.307 e. The third-order valence-electron chi connectivity index (χ3n) is 4.45. The summed E-state index contributed by atoms with van der Waals surface area (Å²) in [6.07, 6.45) is 5.00. The monoisotopic (exact) mass is 363 g/mol. The molecule has 0 bridgehead atoms. The van der Waals surface area contributed by atoms with Gasteiger partial charge in [-0.15, -0.1) is 0 Å². The SMILES string of the molecule is CC(C)(CC(=O)Nc1n[nH]c(-c2cncc(F)c2)c1F)CN1CCCC1. The summed E-state index contributed by atoms with van der Waals surface area (Å²) in [7, 11) is 0. The minimum atomic E-state index is -0.733. The number of halogens is 2. The number of H-pyrrole nitrogens is 1. The molecule has 1 amide bonds. The van der Waals surface area contributed by atoms with E-state index < -0.39 is 11.6 Å². The molecule has 1 aliphatic heterocycles. The van der Waals surface area contributed by atoms with Crippen molar-refractivity contribution in [1.82, 2.24) is 20.1 Å². The second-order valence-electron chi connectivity index (χ2n) is 7.53. The number of aromatic amines is 1. The van der Waals surface area contributed by atoms with Gasteiger partial charge in [-0.25, -0.2) is 8.78 Å². The van der Waals surface area contributed by atoms with Crippen LogP contribution in [0.4, 0.5) is 14.6 Å². The zero-order chi connectivity index (χ0) is 18.7. The van der Waals surface area contributed by atoms with Gasteiger partial charge < -0.3 is 10.2 Å². The molecule has 3 rings (SSSR count). The molecule has 0 aliphatic carbocycles. The first kappa shape index (κ1) is 18.4. The first-order chi connectivity index (χ1) is 12.3. The molecule has 0 saturated carbocycles. The summed E-state index contributed by atoms with van der Waals surface area (Å²) in [6, 6.07) is 1.15. The summed E-state index contributed by atoms with van der Waals surface area (Å²) in [5.41, 5.74) is -0.00949. The van der Waals surface area contributed by atoms with Gasteiger partial charge in [0.1, 0.15) is 11.5 Å². The van der Waals surface area contributed by atoms with Crippen LogP contribution in [0.15, 0.2) is 18.5 Å². The zero-order valence-electron chi connectivity index (χ0n) is 15.0. The lowest BCUT2D eigenvalue weighted by molar-refractivity contribution is -0.118. The lowest BCUT2D eigenvalue weighted by Gasteiger charge is -2.29. The van der Waals surface area contributed by atoms with Gasteiger partial charge in [-0.05, 0) is 37.4 Å². The van der Waals surface area contributed by atoms with Crippen LogP contribution in [-0.2, 0) is 4.79 Å². The van der Waals surface area contributed by atoms with Gasteiger partial charge in [-0.1, -0.05) is 13.8 Å². The molecule has 8 heteroatoms. The maximum absolute atomic E-state index is 14.5. The molecule has 2 N–H and O–H groups in total. The average molecular weight is 363 g/mol. The Labute approximate surface area is 151 Å². The van der Waals surface area contributed by atoms with E-state index in [1.807, 2.05) is 13.8 Å². The lowest BCUT2D eigenvalue weighted by Crippen LogP contribution is -2.35. The molecule has 0 atom stereocenters. The molecule has 2 aromatic heterocycles. The molecule has 0 unspecified atom stereocenters. The Morgan fingerprint density at radius 2 is 2.04 bits per heavy atom. The molecule has 0 radical (unpaired) electrons. The van der Waals surface area contributed by atoms with Crippen molar-refractivity contribution in [1.29, 1.82) is 0 Å². The molecule has 140 valence electrons. The van der Waals surface area contributed by atoms with E-state index in [1.54, 1.807) is 0 Å². The predicted molar refractivity (Wildman–Crippen MR) is 94.4 cm³/mol. The highest BCUT2D eigenvalue weighted by Crippen LogP contribution is 2.27. The van der Waals surface area contributed by atoms with Crippen LogP contribution in [0.3, 0.4) is 0 Å². The van der Waals surface area contributed by atoms with E-state index in [4.69, 9.17) is 0 Å². The van der Waals surface area contributed by atoms with Crippen molar-refractivity contribution in [3.8, 4) is 11.3 Å². The number of rotatable bonds is 6. The topological polar surface area (TPSA) is 73.9 Å². The molecule has 0 spiro atoms. The Bertz CT molecular complexity index is 784. The summed E-state index contributed by atoms with van der Waals surface area (Å²) in [6.45, 7) is 6.99. The van der Waals surface area contributed by atoms with E-state index in [0.29, 0.717) is 0 Å². The molecule has 26 heavy (non-hydrogen) atoms. The molecule has 1 fully saturated rings. The van der Waals surface area contributed by atoms with Crippen molar-refractivity contribution in [2.24, 2.45) is 5.41 Å². The lowest BCUT2D eigenvalue weighted by atomic mass is 9.88. The molecular formula is C18H23F2N5O. The average Bonchev–Trinajstić information content (AvgIpc) is 3.17. The summed E-state index contributed by atoms with van der Waals surface area (Å²) in [5, 5.41) is 8.80. The van der Waals surface area contributed by atoms with Crippen molar-refractivity contribution in [3.05, 3.63) is 30.1 Å². The predicted octanol–water partition coefficient (Wildman–Crippen LogP) is 3.20. The quantitative estimate of drug-likeness (QED) is 0.827. The van der Waals surface area contributed by atoms with Crippen LogP contribution in [0, 0.1) is 17.0 Å². The van der Waals surface area contributed by atoms with Crippen LogP contribution < -0.4 is 5.32 Å². The number of nitrogens with one attached hydrogen (secondary N) is 2. The minimum absolute atomic E-state index is 0.0105. The van der Waals surface area contributed by atoms with E-state index in [-0.39, 0.29) is 34.8 Å². The standard InChI is InChI=1S/C18H23F2N5O/c1-18(2,11-25-5-3-4-6-25)8-14(26)22-17-15(20)16(23-24-17)12-7-13(19)10-21-9-12/h7,9-10H,3-6,8,11H2,1-2H3,(H2,22,23,24,26). The Kier molecular flexibility index (Phi) is 5.31. The van der Waals surface area contributed by atoms with Gasteiger partial charge in [0.2, 0.25) is 5.91 Å². The van der Waals surface area contributed by atoms with Crippen LogP contribution >= 0.6 is 0 Å². The molecule has 0 aromatic carbocycles. The van der Waals surface area contributed by atoms with Crippen LogP contribution in [0.1, 0.15) is 33.1 Å². The van der Waals surface area contributed by atoms with Gasteiger partial charge in [0.15, 0.2) is 11.6 Å². The normalized spacial score (nSPS) is 15.4. The third kappa shape index (κ3) is 4.43. The first-order valence-corrected chi connectivity index (χ1v) is 8.71. The van der Waals surface area contributed by atoms with E-state index in [9.17, 15) is 13.6 Å². The van der Waals surface area contributed by atoms with E-state index in [2.05, 4.69) is 25.4 Å². The van der Waals surface area contributed by atoms with Crippen LogP contribution in [0.5, 0.6) is 0 Å². The Hall–Kier alpha value is -2.35. The molecule has 3 heterocycles. The zero-order valence-corrected chi connectivity index (χ0v) is 15.0. The molecule has 1 saturated heterocycles. The number of aromatic nitrogens is 3. The highest BCUT2D eigenvalue weighted by atomic mass is 19.1. The molecule has 2 aromatic rings. The molecular weight excluding hydrogens is 340 g/mol. The molecule has 6 nitrogen and oxygen atoms in total. The maximum Gasteiger partial charge on any atom is 0.226 e. The van der Waals surface area contributed by atoms with Gasteiger partial charge in [0.25, 0.3) is 0 Å². The van der Waals surface area contributed by atoms with Crippen molar-refractivity contribution >= 4 is 11.7 Å². The van der Waals surface area contributed by atoms with Gasteiger partial charge in [-0.2, -0.15) is 5.10 Å². The number of likely N-dealkylation sites (tertiary alicyclic amines) is 1. The number of hydrogen-bond acceptors (Lipinski definition) is 4. The van der Waals surface area contributed by atoms with Crippen molar-refractivity contribution in [2.45, 2.75) is 33.1 Å². The fourth-order valence-corrected chi connectivity index (χ4v) is 3.36. The second-order valence-corrected chi connectivity index (χ2v) is 7.53. The smallest absolute Gasteiger partial charge is 0.226 e. The number of hydrogen-bond donors (Lipinski definition) is 2. The fourth-order valence-electron chi connectivity index (χ4n) is 3.36. The Balaban J connectivity index is 1.64. The number of amides is 1. The van der Waals surface area contributed by atoms with Crippen molar-refractivity contribution < 1.29 is 13.6 Å². The van der Waals surface area contributed by atoms with Crippen LogP contribution in [0.2, 0.25) is 0 Å².